The normalized spacial score (nSPS) is 13.5. The molecule has 0 rings (SSSR count). The van der Waals surface area contributed by atoms with Gasteiger partial charge < -0.3 is 4.74 Å². The van der Waals surface area contributed by atoms with Crippen molar-refractivity contribution >= 4 is 5.97 Å². The molecule has 0 aliphatic heterocycles. The molecule has 0 bridgehead atoms. The molecule has 0 aliphatic carbocycles. The van der Waals surface area contributed by atoms with Crippen LogP contribution in [-0.4, -0.2) is 18.2 Å². The number of rotatable bonds is 5. The lowest BCUT2D eigenvalue weighted by Gasteiger charge is -2.11. The van der Waals surface area contributed by atoms with Crippen molar-refractivity contribution in [1.29, 1.82) is 0 Å². The molecule has 2 nitrogen and oxygen atoms in total. The fourth-order valence-corrected chi connectivity index (χ4v) is 1.09. The minimum Gasteiger partial charge on any atom is -0.463 e. The third-order valence-corrected chi connectivity index (χ3v) is 1.48. The van der Waals surface area contributed by atoms with Gasteiger partial charge in [0.2, 0.25) is 0 Å². The van der Waals surface area contributed by atoms with Crippen LogP contribution in [0.25, 0.3) is 0 Å². The summed E-state index contributed by atoms with van der Waals surface area (Å²) in [5.41, 5.74) is 0. The number of carbonyl (C=O) groups is 1. The van der Waals surface area contributed by atoms with E-state index in [1.807, 2.05) is 13.8 Å². The molecule has 0 amide bonds. The molecular formula is C10H19FO2. The monoisotopic (exact) mass is 190 g/mol. The smallest absolute Gasteiger partial charge is 0.308 e. The molecule has 3 heteroatoms. The highest BCUT2D eigenvalue weighted by atomic mass is 19.1. The first-order chi connectivity index (χ1) is 5.91. The molecule has 0 saturated carbocycles. The lowest BCUT2D eigenvalue weighted by atomic mass is 10.1. The standard InChI is InChI=1S/C10H19FO2/c1-7(2)5-9(11)6-10(12)13-8(3)4/h7-9H,5-6H2,1-4H3/t9-/m0/s1. The average molecular weight is 190 g/mol. The molecule has 0 aromatic carbocycles. The van der Waals surface area contributed by atoms with Crippen LogP contribution in [0.5, 0.6) is 0 Å². The number of ether oxygens (including phenoxy) is 1. The maximum atomic E-state index is 13.1. The Bertz CT molecular complexity index is 155. The lowest BCUT2D eigenvalue weighted by Crippen LogP contribution is -2.17. The first kappa shape index (κ1) is 12.4. The van der Waals surface area contributed by atoms with Gasteiger partial charge in [0.05, 0.1) is 12.5 Å². The summed E-state index contributed by atoms with van der Waals surface area (Å²) >= 11 is 0. The number of esters is 1. The van der Waals surface area contributed by atoms with Gasteiger partial charge in [-0.15, -0.1) is 0 Å². The SMILES string of the molecule is CC(C)C[C@H](F)CC(=O)OC(C)C. The molecular weight excluding hydrogens is 171 g/mol. The van der Waals surface area contributed by atoms with Crippen LogP contribution in [0.2, 0.25) is 0 Å². The quantitative estimate of drug-likeness (QED) is 0.623. The fraction of sp³-hybridized carbons (Fsp3) is 0.900. The van der Waals surface area contributed by atoms with Gasteiger partial charge in [-0.25, -0.2) is 4.39 Å². The summed E-state index contributed by atoms with van der Waals surface area (Å²) in [5, 5.41) is 0. The van der Waals surface area contributed by atoms with Crippen molar-refractivity contribution in [3.63, 3.8) is 0 Å². The topological polar surface area (TPSA) is 26.3 Å². The third-order valence-electron chi connectivity index (χ3n) is 1.48. The first-order valence-corrected chi connectivity index (χ1v) is 4.75. The maximum Gasteiger partial charge on any atom is 0.308 e. The van der Waals surface area contributed by atoms with E-state index in [4.69, 9.17) is 4.74 Å². The highest BCUT2D eigenvalue weighted by Crippen LogP contribution is 2.12. The van der Waals surface area contributed by atoms with E-state index in [1.165, 1.54) is 0 Å². The Morgan fingerprint density at radius 1 is 1.31 bits per heavy atom. The molecule has 0 radical (unpaired) electrons. The molecule has 0 saturated heterocycles. The highest BCUT2D eigenvalue weighted by Gasteiger charge is 2.15. The molecule has 0 aliphatic rings. The Hall–Kier alpha value is -0.600. The van der Waals surface area contributed by atoms with Crippen LogP contribution in [0.15, 0.2) is 0 Å². The molecule has 0 N–H and O–H groups in total. The van der Waals surface area contributed by atoms with Crippen LogP contribution in [0, 0.1) is 5.92 Å². The molecule has 13 heavy (non-hydrogen) atoms. The van der Waals surface area contributed by atoms with Crippen LogP contribution in [0.3, 0.4) is 0 Å². The van der Waals surface area contributed by atoms with Gasteiger partial charge in [-0.2, -0.15) is 0 Å². The Kier molecular flexibility index (Phi) is 5.67. The van der Waals surface area contributed by atoms with Gasteiger partial charge >= 0.3 is 5.97 Å². The zero-order valence-electron chi connectivity index (χ0n) is 8.84. The summed E-state index contributed by atoms with van der Waals surface area (Å²) < 4.78 is 17.9. The molecule has 1 atom stereocenters. The van der Waals surface area contributed by atoms with E-state index in [1.54, 1.807) is 13.8 Å². The summed E-state index contributed by atoms with van der Waals surface area (Å²) in [5.74, 6) is -0.162. The first-order valence-electron chi connectivity index (χ1n) is 4.75. The van der Waals surface area contributed by atoms with E-state index in [0.29, 0.717) is 6.42 Å². The van der Waals surface area contributed by atoms with Crippen molar-refractivity contribution < 1.29 is 13.9 Å². The second-order valence-electron chi connectivity index (χ2n) is 3.97. The second-order valence-corrected chi connectivity index (χ2v) is 3.97. The average Bonchev–Trinajstić information content (AvgIpc) is 1.80. The van der Waals surface area contributed by atoms with Crippen LogP contribution in [0.1, 0.15) is 40.5 Å². The zero-order valence-corrected chi connectivity index (χ0v) is 8.84. The summed E-state index contributed by atoms with van der Waals surface area (Å²) in [6.45, 7) is 7.38. The van der Waals surface area contributed by atoms with E-state index >= 15 is 0 Å². The summed E-state index contributed by atoms with van der Waals surface area (Å²) in [6.07, 6.45) is -0.909. The number of halogens is 1. The largest absolute Gasteiger partial charge is 0.463 e. The van der Waals surface area contributed by atoms with Crippen molar-refractivity contribution in [2.24, 2.45) is 5.92 Å². The minimum atomic E-state index is -1.06. The molecule has 0 aromatic heterocycles. The van der Waals surface area contributed by atoms with Crippen molar-refractivity contribution in [1.82, 2.24) is 0 Å². The Morgan fingerprint density at radius 2 is 1.85 bits per heavy atom. The molecule has 78 valence electrons. The van der Waals surface area contributed by atoms with Gasteiger partial charge in [0.15, 0.2) is 0 Å². The van der Waals surface area contributed by atoms with Crippen molar-refractivity contribution in [3.05, 3.63) is 0 Å². The van der Waals surface area contributed by atoms with E-state index < -0.39 is 12.1 Å². The van der Waals surface area contributed by atoms with E-state index in [9.17, 15) is 9.18 Å². The molecule has 0 spiro atoms. The van der Waals surface area contributed by atoms with Gasteiger partial charge in [-0.05, 0) is 26.2 Å². The van der Waals surface area contributed by atoms with Gasteiger partial charge in [-0.3, -0.25) is 4.79 Å². The molecule has 0 aromatic rings. The molecule has 0 unspecified atom stereocenters. The van der Waals surface area contributed by atoms with E-state index in [0.717, 1.165) is 0 Å². The Balaban J connectivity index is 3.65. The maximum absolute atomic E-state index is 13.1. The van der Waals surface area contributed by atoms with Crippen LogP contribution >= 0.6 is 0 Å². The number of alkyl halides is 1. The summed E-state index contributed by atoms with van der Waals surface area (Å²) in [4.78, 5) is 11.0. The highest BCUT2D eigenvalue weighted by molar-refractivity contribution is 5.70. The second kappa shape index (κ2) is 5.95. The lowest BCUT2D eigenvalue weighted by molar-refractivity contribution is -0.148. The van der Waals surface area contributed by atoms with Gasteiger partial charge in [0.1, 0.15) is 6.17 Å². The van der Waals surface area contributed by atoms with Gasteiger partial charge in [0, 0.05) is 0 Å². The number of hydrogen-bond acceptors (Lipinski definition) is 2. The number of hydrogen-bond donors (Lipinski definition) is 0. The van der Waals surface area contributed by atoms with Crippen molar-refractivity contribution in [2.45, 2.75) is 52.8 Å². The fourth-order valence-electron chi connectivity index (χ4n) is 1.09. The molecule has 0 fully saturated rings. The Morgan fingerprint density at radius 3 is 2.23 bits per heavy atom. The van der Waals surface area contributed by atoms with Gasteiger partial charge in [0.25, 0.3) is 0 Å². The number of carbonyl (C=O) groups excluding carboxylic acids is 1. The predicted octanol–water partition coefficient (Wildman–Crippen LogP) is 2.71. The summed E-state index contributed by atoms with van der Waals surface area (Å²) in [6, 6.07) is 0. The predicted molar refractivity (Wildman–Crippen MR) is 50.2 cm³/mol. The Labute approximate surface area is 79.5 Å². The zero-order chi connectivity index (χ0) is 10.4. The minimum absolute atomic E-state index is 0.115. The van der Waals surface area contributed by atoms with Crippen LogP contribution in [0.4, 0.5) is 4.39 Å². The summed E-state index contributed by atoms with van der Waals surface area (Å²) in [7, 11) is 0. The third kappa shape index (κ3) is 7.75. The van der Waals surface area contributed by atoms with Crippen LogP contribution < -0.4 is 0 Å². The van der Waals surface area contributed by atoms with Gasteiger partial charge in [-0.1, -0.05) is 13.8 Å². The van der Waals surface area contributed by atoms with E-state index in [2.05, 4.69) is 0 Å². The van der Waals surface area contributed by atoms with E-state index in [-0.39, 0.29) is 18.4 Å². The van der Waals surface area contributed by atoms with Crippen molar-refractivity contribution in [2.75, 3.05) is 0 Å². The molecule has 0 heterocycles. The van der Waals surface area contributed by atoms with Crippen molar-refractivity contribution in [3.8, 4) is 0 Å². The van der Waals surface area contributed by atoms with Crippen LogP contribution in [-0.2, 0) is 9.53 Å².